The molecule has 0 aliphatic heterocycles. The third-order valence-electron chi connectivity index (χ3n) is 2.84. The highest BCUT2D eigenvalue weighted by atomic mass is 16.6. The van der Waals surface area contributed by atoms with Crippen LogP contribution in [0.3, 0.4) is 0 Å². The molecule has 1 aromatic carbocycles. The van der Waals surface area contributed by atoms with Crippen LogP contribution in [0.5, 0.6) is 5.75 Å². The van der Waals surface area contributed by atoms with Crippen molar-refractivity contribution in [3.8, 4) is 5.75 Å². The Kier molecular flexibility index (Phi) is 6.97. The molecule has 106 valence electrons. The maximum Gasteiger partial charge on any atom is 0.306 e. The topological polar surface area (TPSA) is 55.8 Å². The van der Waals surface area contributed by atoms with E-state index in [1.165, 1.54) is 0 Å². The van der Waals surface area contributed by atoms with Gasteiger partial charge in [-0.15, -0.1) is 0 Å². The smallest absolute Gasteiger partial charge is 0.306 e. The average Bonchev–Trinajstić information content (AvgIpc) is 2.42. The zero-order valence-electron chi connectivity index (χ0n) is 11.6. The number of aromatic hydroxyl groups is 1. The molecule has 0 aliphatic carbocycles. The molecule has 0 bridgehead atoms. The molecule has 1 aromatic rings. The van der Waals surface area contributed by atoms with Gasteiger partial charge in [-0.1, -0.05) is 19.1 Å². The molecule has 0 unspecified atom stereocenters. The summed E-state index contributed by atoms with van der Waals surface area (Å²) in [5, 5.41) is 9.57. The Morgan fingerprint density at radius 1 is 1.26 bits per heavy atom. The first-order valence-electron chi connectivity index (χ1n) is 6.71. The molecule has 0 spiro atoms. The zero-order chi connectivity index (χ0) is 14.1. The van der Waals surface area contributed by atoms with Crippen LogP contribution in [-0.2, 0) is 27.1 Å². The number of benzene rings is 1. The van der Waals surface area contributed by atoms with Crippen LogP contribution in [0.4, 0.5) is 0 Å². The molecule has 0 aromatic heterocycles. The van der Waals surface area contributed by atoms with Crippen LogP contribution in [0.15, 0.2) is 18.2 Å². The molecule has 0 saturated carbocycles. The van der Waals surface area contributed by atoms with Crippen LogP contribution in [0.1, 0.15) is 31.4 Å². The van der Waals surface area contributed by atoms with E-state index in [2.05, 4.69) is 0 Å². The molecule has 19 heavy (non-hydrogen) atoms. The van der Waals surface area contributed by atoms with Crippen molar-refractivity contribution >= 4 is 5.97 Å². The highest BCUT2D eigenvalue weighted by Gasteiger charge is 2.05. The van der Waals surface area contributed by atoms with Gasteiger partial charge in [0.2, 0.25) is 0 Å². The molecule has 0 saturated heterocycles. The largest absolute Gasteiger partial charge is 0.508 e. The van der Waals surface area contributed by atoms with Crippen LogP contribution in [0, 0.1) is 0 Å². The Bertz CT molecular complexity index is 401. The second kappa shape index (κ2) is 8.53. The van der Waals surface area contributed by atoms with Crippen molar-refractivity contribution in [1.82, 2.24) is 0 Å². The van der Waals surface area contributed by atoms with E-state index in [0.29, 0.717) is 38.4 Å². The summed E-state index contributed by atoms with van der Waals surface area (Å²) in [5.41, 5.74) is 1.94. The molecule has 4 heteroatoms. The maximum atomic E-state index is 11.5. The SMILES string of the molecule is CCOCCOC(=O)CCc1ccc(O)c(CC)c1. The molecule has 0 atom stereocenters. The number of ether oxygens (including phenoxy) is 2. The maximum absolute atomic E-state index is 11.5. The predicted molar refractivity (Wildman–Crippen MR) is 73.3 cm³/mol. The van der Waals surface area contributed by atoms with Crippen molar-refractivity contribution in [2.24, 2.45) is 0 Å². The number of hydrogen-bond donors (Lipinski definition) is 1. The molecule has 0 aliphatic rings. The standard InChI is InChI=1S/C15H22O4/c1-3-13-11-12(5-7-14(13)16)6-8-15(17)19-10-9-18-4-2/h5,7,11,16H,3-4,6,8-10H2,1-2H3. The van der Waals surface area contributed by atoms with Crippen LogP contribution in [0.2, 0.25) is 0 Å². The number of phenolic OH excluding ortho intramolecular Hbond substituents is 1. The summed E-state index contributed by atoms with van der Waals surface area (Å²) >= 11 is 0. The summed E-state index contributed by atoms with van der Waals surface area (Å²) in [4.78, 5) is 11.5. The van der Waals surface area contributed by atoms with Crippen LogP contribution in [-0.4, -0.2) is 30.9 Å². The number of hydrogen-bond acceptors (Lipinski definition) is 4. The summed E-state index contributed by atoms with van der Waals surface area (Å²) in [5.74, 6) is 0.0939. The number of carbonyl (C=O) groups excluding carboxylic acids is 1. The first kappa shape index (κ1) is 15.5. The highest BCUT2D eigenvalue weighted by molar-refractivity contribution is 5.69. The Hall–Kier alpha value is -1.55. The van der Waals surface area contributed by atoms with Crippen molar-refractivity contribution in [3.05, 3.63) is 29.3 Å². The van der Waals surface area contributed by atoms with E-state index in [9.17, 15) is 9.90 Å². The van der Waals surface area contributed by atoms with Crippen molar-refractivity contribution in [3.63, 3.8) is 0 Å². The van der Waals surface area contributed by atoms with Gasteiger partial charge in [-0.05, 0) is 37.0 Å². The van der Waals surface area contributed by atoms with E-state index >= 15 is 0 Å². The van der Waals surface area contributed by atoms with E-state index < -0.39 is 0 Å². The van der Waals surface area contributed by atoms with Gasteiger partial charge in [-0.25, -0.2) is 0 Å². The van der Waals surface area contributed by atoms with Crippen LogP contribution >= 0.6 is 0 Å². The second-order valence-corrected chi connectivity index (χ2v) is 4.23. The lowest BCUT2D eigenvalue weighted by Crippen LogP contribution is -2.11. The van der Waals surface area contributed by atoms with Gasteiger partial charge in [-0.3, -0.25) is 4.79 Å². The number of rotatable bonds is 8. The Morgan fingerprint density at radius 3 is 2.74 bits per heavy atom. The van der Waals surface area contributed by atoms with Crippen LogP contribution in [0.25, 0.3) is 0 Å². The van der Waals surface area contributed by atoms with E-state index in [1.807, 2.05) is 26.0 Å². The molecule has 0 radical (unpaired) electrons. The van der Waals surface area contributed by atoms with Crippen molar-refractivity contribution in [2.45, 2.75) is 33.1 Å². The quantitative estimate of drug-likeness (QED) is 0.580. The molecule has 1 N–H and O–H groups in total. The van der Waals surface area contributed by atoms with Crippen LogP contribution < -0.4 is 0 Å². The fourth-order valence-electron chi connectivity index (χ4n) is 1.75. The summed E-state index contributed by atoms with van der Waals surface area (Å²) in [6, 6.07) is 5.44. The molecular formula is C15H22O4. The van der Waals surface area contributed by atoms with E-state index in [0.717, 1.165) is 17.5 Å². The third kappa shape index (κ3) is 5.75. The summed E-state index contributed by atoms with van der Waals surface area (Å²) < 4.78 is 10.1. The van der Waals surface area contributed by atoms with Gasteiger partial charge in [-0.2, -0.15) is 0 Å². The Morgan fingerprint density at radius 2 is 2.05 bits per heavy atom. The lowest BCUT2D eigenvalue weighted by atomic mass is 10.0. The lowest BCUT2D eigenvalue weighted by molar-refractivity contribution is -0.145. The summed E-state index contributed by atoms with van der Waals surface area (Å²) in [6.07, 6.45) is 1.75. The predicted octanol–water partition coefficient (Wildman–Crippen LogP) is 2.47. The molecule has 1 rings (SSSR count). The normalized spacial score (nSPS) is 10.4. The molecular weight excluding hydrogens is 244 g/mol. The molecule has 0 amide bonds. The minimum atomic E-state index is -0.217. The highest BCUT2D eigenvalue weighted by Crippen LogP contribution is 2.19. The average molecular weight is 266 g/mol. The number of esters is 1. The minimum Gasteiger partial charge on any atom is -0.508 e. The second-order valence-electron chi connectivity index (χ2n) is 4.23. The lowest BCUT2D eigenvalue weighted by Gasteiger charge is -2.07. The van der Waals surface area contributed by atoms with E-state index in [1.54, 1.807) is 6.07 Å². The number of phenols is 1. The van der Waals surface area contributed by atoms with E-state index in [4.69, 9.17) is 9.47 Å². The van der Waals surface area contributed by atoms with Gasteiger partial charge in [0.1, 0.15) is 12.4 Å². The van der Waals surface area contributed by atoms with E-state index in [-0.39, 0.29) is 5.97 Å². The van der Waals surface area contributed by atoms with Crippen molar-refractivity contribution in [2.75, 3.05) is 19.8 Å². The monoisotopic (exact) mass is 266 g/mol. The summed E-state index contributed by atoms with van der Waals surface area (Å²) in [6.45, 7) is 5.27. The minimum absolute atomic E-state index is 0.217. The van der Waals surface area contributed by atoms with Gasteiger partial charge in [0.05, 0.1) is 6.61 Å². The fourth-order valence-corrected chi connectivity index (χ4v) is 1.75. The van der Waals surface area contributed by atoms with Gasteiger partial charge < -0.3 is 14.6 Å². The Balaban J connectivity index is 2.33. The van der Waals surface area contributed by atoms with Gasteiger partial charge in [0.25, 0.3) is 0 Å². The summed E-state index contributed by atoms with van der Waals surface area (Å²) in [7, 11) is 0. The van der Waals surface area contributed by atoms with Gasteiger partial charge >= 0.3 is 5.97 Å². The zero-order valence-corrected chi connectivity index (χ0v) is 11.6. The first-order valence-corrected chi connectivity index (χ1v) is 6.71. The van der Waals surface area contributed by atoms with Gasteiger partial charge in [0, 0.05) is 13.0 Å². The first-order chi connectivity index (χ1) is 9.17. The van der Waals surface area contributed by atoms with Crippen molar-refractivity contribution in [1.29, 1.82) is 0 Å². The molecule has 4 nitrogen and oxygen atoms in total. The number of carbonyl (C=O) groups is 1. The van der Waals surface area contributed by atoms with Gasteiger partial charge in [0.15, 0.2) is 0 Å². The number of aryl methyl sites for hydroxylation is 2. The Labute approximate surface area is 114 Å². The molecule has 0 heterocycles. The third-order valence-corrected chi connectivity index (χ3v) is 2.84. The molecule has 0 fully saturated rings. The van der Waals surface area contributed by atoms with Crippen molar-refractivity contribution < 1.29 is 19.4 Å². The fraction of sp³-hybridized carbons (Fsp3) is 0.533.